The van der Waals surface area contributed by atoms with Gasteiger partial charge in [0.15, 0.2) is 0 Å². The fraction of sp³-hybridized carbons (Fsp3) is 0.800. The van der Waals surface area contributed by atoms with Crippen molar-refractivity contribution in [2.75, 3.05) is 27.1 Å². The first-order valence-corrected chi connectivity index (χ1v) is 8.08. The Kier molecular flexibility index (Phi) is 11.1. The van der Waals surface area contributed by atoms with E-state index in [1.807, 2.05) is 0 Å². The van der Waals surface area contributed by atoms with Gasteiger partial charge in [-0.1, -0.05) is 12.8 Å². The molecule has 2 rings (SSSR count). The molecule has 0 spiro atoms. The number of hydrogen-bond acceptors (Lipinski definition) is 9. The van der Waals surface area contributed by atoms with Crippen LogP contribution in [0.15, 0.2) is 0 Å². The average molecular weight is 554 g/mol. The fourth-order valence-electron chi connectivity index (χ4n) is 2.65. The van der Waals surface area contributed by atoms with E-state index >= 15 is 0 Å². The second-order valence-electron chi connectivity index (χ2n) is 6.08. The maximum Gasteiger partial charge on any atom is 2.00 e. The molecule has 0 aromatic carbocycles. The first-order valence-electron chi connectivity index (χ1n) is 8.08. The topological polar surface area (TPSA) is 171 Å². The number of β-lactam (4-membered cyclic amide) rings is 1. The SMILES string of the molecule is COCCOCN1C(=O)CC1(C(=O)[O-])C(=O)[O-].NC1CCCCC1N.[Pt+2]. The van der Waals surface area contributed by atoms with Crippen molar-refractivity contribution in [2.24, 2.45) is 11.5 Å². The summed E-state index contributed by atoms with van der Waals surface area (Å²) in [6, 6.07) is 0.562. The van der Waals surface area contributed by atoms with Crippen LogP contribution in [0.3, 0.4) is 0 Å². The third-order valence-corrected chi connectivity index (χ3v) is 4.37. The molecule has 11 heteroatoms. The van der Waals surface area contributed by atoms with Gasteiger partial charge < -0.3 is 45.6 Å². The number of rotatable bonds is 7. The number of aliphatic carboxylic acids is 2. The summed E-state index contributed by atoms with van der Waals surface area (Å²) >= 11 is 0. The van der Waals surface area contributed by atoms with Crippen molar-refractivity contribution >= 4 is 17.8 Å². The number of carbonyl (C=O) groups excluding carboxylic acids is 3. The van der Waals surface area contributed by atoms with Crippen molar-refractivity contribution < 1.29 is 55.1 Å². The Morgan fingerprint density at radius 2 is 1.65 bits per heavy atom. The van der Waals surface area contributed by atoms with E-state index in [1.165, 1.54) is 20.0 Å². The molecule has 2 fully saturated rings. The van der Waals surface area contributed by atoms with E-state index in [9.17, 15) is 24.6 Å². The van der Waals surface area contributed by atoms with Crippen molar-refractivity contribution in [1.82, 2.24) is 4.90 Å². The van der Waals surface area contributed by atoms with Crippen LogP contribution in [-0.2, 0) is 44.9 Å². The van der Waals surface area contributed by atoms with Gasteiger partial charge in [0, 0.05) is 19.2 Å². The molecular weight excluding hydrogens is 529 g/mol. The van der Waals surface area contributed by atoms with E-state index in [-0.39, 0.29) is 46.4 Å². The van der Waals surface area contributed by atoms with Crippen LogP contribution in [0.4, 0.5) is 0 Å². The van der Waals surface area contributed by atoms with Crippen molar-refractivity contribution in [3.05, 3.63) is 0 Å². The largest absolute Gasteiger partial charge is 2.00 e. The predicted molar refractivity (Wildman–Crippen MR) is 81.3 cm³/mol. The minimum atomic E-state index is -2.41. The van der Waals surface area contributed by atoms with Crippen LogP contribution in [0.2, 0.25) is 0 Å². The molecule has 10 nitrogen and oxygen atoms in total. The molecule has 1 heterocycles. The molecule has 0 aromatic rings. The third kappa shape index (κ3) is 5.99. The summed E-state index contributed by atoms with van der Waals surface area (Å²) in [6.45, 7) is -0.105. The molecule has 26 heavy (non-hydrogen) atoms. The predicted octanol–water partition coefficient (Wildman–Crippen LogP) is -3.71. The number of amides is 1. The standard InChI is InChI=1S/C9H13NO7.C6H14N2.Pt/c1-16-2-3-17-5-10-6(11)4-9(10,7(12)13)8(14)15;7-5-3-1-2-4-6(5)8;/h2-5H2,1H3,(H,12,13)(H,14,15);5-6H,1-4,7-8H2;/q;;+2/p-2. The molecule has 0 aromatic heterocycles. The first-order chi connectivity index (χ1) is 11.8. The quantitative estimate of drug-likeness (QED) is 0.183. The Balaban J connectivity index is 0.000000583. The zero-order valence-electron chi connectivity index (χ0n) is 14.6. The molecule has 1 aliphatic heterocycles. The van der Waals surface area contributed by atoms with Crippen molar-refractivity contribution in [2.45, 2.75) is 49.7 Å². The molecule has 4 N–H and O–H groups in total. The smallest absolute Gasteiger partial charge is 0.547 e. The molecular formula is C15H25N3O7Pt. The first kappa shape index (κ1) is 24.9. The van der Waals surface area contributed by atoms with E-state index in [1.54, 1.807) is 0 Å². The van der Waals surface area contributed by atoms with E-state index < -0.39 is 36.5 Å². The van der Waals surface area contributed by atoms with E-state index in [4.69, 9.17) is 16.2 Å². The number of methoxy groups -OCH3 is 1. The van der Waals surface area contributed by atoms with Gasteiger partial charge in [-0.3, -0.25) is 4.79 Å². The maximum atomic E-state index is 11.2. The molecule has 0 bridgehead atoms. The third-order valence-electron chi connectivity index (χ3n) is 4.37. The number of nitrogens with two attached hydrogens (primary N) is 2. The zero-order chi connectivity index (χ0) is 19.0. The molecule has 2 unspecified atom stereocenters. The second kappa shape index (κ2) is 11.6. The number of carboxylic acids is 2. The van der Waals surface area contributed by atoms with Crippen molar-refractivity contribution in [3.8, 4) is 0 Å². The van der Waals surface area contributed by atoms with Crippen LogP contribution < -0.4 is 21.7 Å². The van der Waals surface area contributed by atoms with Gasteiger partial charge in [-0.2, -0.15) is 0 Å². The Morgan fingerprint density at radius 1 is 1.15 bits per heavy atom. The van der Waals surface area contributed by atoms with E-state index in [0.717, 1.165) is 12.8 Å². The van der Waals surface area contributed by atoms with Gasteiger partial charge in [-0.05, 0) is 12.8 Å². The number of hydrogen-bond donors (Lipinski definition) is 2. The van der Waals surface area contributed by atoms with Crippen LogP contribution in [0.25, 0.3) is 0 Å². The van der Waals surface area contributed by atoms with Crippen LogP contribution in [0.1, 0.15) is 32.1 Å². The van der Waals surface area contributed by atoms with Gasteiger partial charge in [0.05, 0.1) is 31.6 Å². The minimum Gasteiger partial charge on any atom is -0.547 e. The van der Waals surface area contributed by atoms with E-state index in [0.29, 0.717) is 4.90 Å². The maximum absolute atomic E-state index is 11.2. The van der Waals surface area contributed by atoms with E-state index in [2.05, 4.69) is 4.74 Å². The summed E-state index contributed by atoms with van der Waals surface area (Å²) < 4.78 is 9.57. The van der Waals surface area contributed by atoms with Gasteiger partial charge in [0.25, 0.3) is 0 Å². The Bertz CT molecular complexity index is 468. The fourth-order valence-corrected chi connectivity index (χ4v) is 2.65. The molecule has 1 amide bonds. The van der Waals surface area contributed by atoms with Crippen LogP contribution in [-0.4, -0.2) is 67.4 Å². The van der Waals surface area contributed by atoms with Crippen LogP contribution in [0, 0.1) is 0 Å². The second-order valence-corrected chi connectivity index (χ2v) is 6.08. The monoisotopic (exact) mass is 554 g/mol. The normalized spacial score (nSPS) is 23.8. The Hall–Kier alpha value is -1.06. The van der Waals surface area contributed by atoms with Gasteiger partial charge in [-0.25, -0.2) is 0 Å². The van der Waals surface area contributed by atoms with Crippen molar-refractivity contribution in [3.63, 3.8) is 0 Å². The number of carboxylic acid groups (broad SMARTS) is 2. The average Bonchev–Trinajstić information content (AvgIpc) is 2.54. The molecule has 1 saturated heterocycles. The van der Waals surface area contributed by atoms with Gasteiger partial charge in [0.2, 0.25) is 5.91 Å². The van der Waals surface area contributed by atoms with Crippen molar-refractivity contribution in [1.29, 1.82) is 0 Å². The minimum absolute atomic E-state index is 0. The number of carbonyl (C=O) groups is 3. The van der Waals surface area contributed by atoms with Gasteiger partial charge >= 0.3 is 21.1 Å². The summed E-state index contributed by atoms with van der Waals surface area (Å²) in [5.41, 5.74) is 8.89. The number of likely N-dealkylation sites (tertiary alicyclic amines) is 1. The molecule has 2 atom stereocenters. The summed E-state index contributed by atoms with van der Waals surface area (Å²) in [5.74, 6) is -4.41. The summed E-state index contributed by atoms with van der Waals surface area (Å²) in [7, 11) is 1.44. The summed E-state index contributed by atoms with van der Waals surface area (Å²) in [6.07, 6.45) is 4.12. The van der Waals surface area contributed by atoms with Gasteiger partial charge in [0.1, 0.15) is 12.3 Å². The summed E-state index contributed by atoms with van der Waals surface area (Å²) in [4.78, 5) is 33.3. The van der Waals surface area contributed by atoms with Crippen LogP contribution in [0.5, 0.6) is 0 Å². The molecule has 152 valence electrons. The summed E-state index contributed by atoms with van der Waals surface area (Å²) in [5, 5.41) is 21.6. The number of nitrogens with zero attached hydrogens (tertiary/aromatic N) is 1. The van der Waals surface area contributed by atoms with Crippen LogP contribution >= 0.6 is 0 Å². The Labute approximate surface area is 166 Å². The Morgan fingerprint density at radius 3 is 2.00 bits per heavy atom. The number of ether oxygens (including phenoxy) is 2. The molecule has 0 radical (unpaired) electrons. The molecule has 1 aliphatic carbocycles. The molecule has 2 aliphatic rings. The van der Waals surface area contributed by atoms with Gasteiger partial charge in [-0.15, -0.1) is 0 Å². The molecule has 1 saturated carbocycles. The zero-order valence-corrected chi connectivity index (χ0v) is 16.9.